The molecule has 1 saturated heterocycles. The van der Waals surface area contributed by atoms with E-state index in [1.165, 1.54) is 0 Å². The van der Waals surface area contributed by atoms with E-state index in [0.29, 0.717) is 61.5 Å². The molecule has 40 heavy (non-hydrogen) atoms. The fourth-order valence-corrected chi connectivity index (χ4v) is 5.01. The van der Waals surface area contributed by atoms with Crippen LogP contribution in [0.4, 0.5) is 0 Å². The summed E-state index contributed by atoms with van der Waals surface area (Å²) >= 11 is 0. The molecule has 2 aromatic carbocycles. The molecule has 3 aromatic rings. The molecule has 0 spiro atoms. The third-order valence-electron chi connectivity index (χ3n) is 7.46. The number of amides is 2. The van der Waals surface area contributed by atoms with E-state index >= 15 is 0 Å². The molecule has 1 aliphatic carbocycles. The van der Waals surface area contributed by atoms with Gasteiger partial charge in [-0.1, -0.05) is 12.1 Å². The van der Waals surface area contributed by atoms with E-state index in [4.69, 9.17) is 14.2 Å². The lowest BCUT2D eigenvalue weighted by molar-refractivity contribution is -0.123. The summed E-state index contributed by atoms with van der Waals surface area (Å²) in [7, 11) is 0. The van der Waals surface area contributed by atoms with Gasteiger partial charge in [-0.25, -0.2) is 0 Å². The maximum absolute atomic E-state index is 13.6. The number of rotatable bonds is 6. The van der Waals surface area contributed by atoms with Crippen molar-refractivity contribution in [2.24, 2.45) is 5.92 Å². The van der Waals surface area contributed by atoms with Crippen LogP contribution in [0.15, 0.2) is 54.7 Å². The Bertz CT molecular complexity index is 1350. The summed E-state index contributed by atoms with van der Waals surface area (Å²) in [6.45, 7) is 5.62. The van der Waals surface area contributed by atoms with Crippen LogP contribution in [0.5, 0.6) is 17.2 Å². The van der Waals surface area contributed by atoms with Gasteiger partial charge in [-0.05, 0) is 61.6 Å². The summed E-state index contributed by atoms with van der Waals surface area (Å²) in [5.74, 6) is 1.73. The fourth-order valence-electron chi connectivity index (χ4n) is 5.01. The lowest BCUT2D eigenvalue weighted by Gasteiger charge is -2.22. The Morgan fingerprint density at radius 3 is 2.67 bits per heavy atom. The fraction of sp³-hybridized carbons (Fsp3) is 0.433. The number of fused-ring (bicyclic) bond motifs is 7. The van der Waals surface area contributed by atoms with Crippen molar-refractivity contribution in [1.82, 2.24) is 25.3 Å². The number of nitrogens with zero attached hydrogens (tertiary/aromatic N) is 3. The molecular weight excluding hydrogens is 510 g/mol. The van der Waals surface area contributed by atoms with Crippen LogP contribution < -0.4 is 24.8 Å². The van der Waals surface area contributed by atoms with E-state index in [9.17, 15) is 9.59 Å². The molecule has 2 N–H and O–H groups in total. The number of carbonyl (C=O) groups excluding carboxylic acids is 2. The first-order valence-electron chi connectivity index (χ1n) is 14.0. The van der Waals surface area contributed by atoms with Crippen LogP contribution in [0, 0.1) is 5.92 Å². The van der Waals surface area contributed by atoms with Gasteiger partial charge < -0.3 is 24.8 Å². The van der Waals surface area contributed by atoms with E-state index in [0.717, 1.165) is 30.6 Å². The van der Waals surface area contributed by atoms with E-state index in [1.54, 1.807) is 18.2 Å². The second kappa shape index (κ2) is 11.6. The zero-order valence-corrected chi connectivity index (χ0v) is 22.7. The molecular formula is C30H35N5O5. The molecule has 4 aliphatic rings. The number of ether oxygens (including phenoxy) is 3. The number of hydrogen-bond donors (Lipinski definition) is 2. The van der Waals surface area contributed by atoms with Gasteiger partial charge in [0.2, 0.25) is 0 Å². The summed E-state index contributed by atoms with van der Waals surface area (Å²) in [6.07, 6.45) is 4.03. The minimum absolute atomic E-state index is 0.165. The van der Waals surface area contributed by atoms with Crippen molar-refractivity contribution in [3.8, 4) is 17.2 Å². The highest BCUT2D eigenvalue weighted by Crippen LogP contribution is 2.31. The van der Waals surface area contributed by atoms with E-state index in [2.05, 4.69) is 27.6 Å². The van der Waals surface area contributed by atoms with Crippen molar-refractivity contribution < 1.29 is 23.8 Å². The summed E-state index contributed by atoms with van der Waals surface area (Å²) in [4.78, 5) is 28.3. The average molecular weight is 546 g/mol. The highest BCUT2D eigenvalue weighted by atomic mass is 16.5. The van der Waals surface area contributed by atoms with Crippen molar-refractivity contribution in [2.75, 3.05) is 26.3 Å². The Balaban J connectivity index is 1.26. The molecule has 10 heteroatoms. The van der Waals surface area contributed by atoms with Crippen molar-refractivity contribution in [1.29, 1.82) is 0 Å². The maximum Gasteiger partial charge on any atom is 0.258 e. The standard InChI is InChI=1S/C30H35N5O5/c1-2-35-10-9-23(33-35)15-34-16-27-28(17-34)40-24-7-5-20(6-8-24)14-31-29(36)19-39-26-12-22(30(37)32-27)11-25(13-26)38-18-21-3-4-21/h5-13,21,27-28H,2-4,14-19H2,1H3,(H,31,36)(H,32,37)/t27-,28-/m0/s1. The van der Waals surface area contributed by atoms with Gasteiger partial charge in [-0.15, -0.1) is 0 Å². The highest BCUT2D eigenvalue weighted by molar-refractivity contribution is 5.95. The molecule has 2 atom stereocenters. The number of aryl methyl sites for hydroxylation is 1. The summed E-state index contributed by atoms with van der Waals surface area (Å²) < 4.78 is 20.1. The second-order valence-electron chi connectivity index (χ2n) is 10.7. The summed E-state index contributed by atoms with van der Waals surface area (Å²) in [6, 6.07) is 14.6. The quantitative estimate of drug-likeness (QED) is 0.491. The smallest absolute Gasteiger partial charge is 0.258 e. The van der Waals surface area contributed by atoms with Crippen LogP contribution in [0.3, 0.4) is 0 Å². The third kappa shape index (κ3) is 6.56. The van der Waals surface area contributed by atoms with Crippen molar-refractivity contribution >= 4 is 11.8 Å². The zero-order chi connectivity index (χ0) is 27.5. The largest absolute Gasteiger partial charge is 0.493 e. The van der Waals surface area contributed by atoms with Crippen molar-refractivity contribution in [3.05, 3.63) is 71.5 Å². The molecule has 4 bridgehead atoms. The van der Waals surface area contributed by atoms with Crippen LogP contribution in [0.25, 0.3) is 0 Å². The van der Waals surface area contributed by atoms with Gasteiger partial charge in [0.15, 0.2) is 6.61 Å². The molecule has 10 nitrogen and oxygen atoms in total. The Hall–Kier alpha value is -4.05. The Labute approximate surface area is 233 Å². The number of nitrogens with one attached hydrogen (secondary N) is 2. The second-order valence-corrected chi connectivity index (χ2v) is 10.7. The Kier molecular flexibility index (Phi) is 7.59. The van der Waals surface area contributed by atoms with Gasteiger partial charge in [0.1, 0.15) is 23.4 Å². The molecule has 0 unspecified atom stereocenters. The number of likely N-dealkylation sites (tertiary alicyclic amines) is 1. The van der Waals surface area contributed by atoms with Crippen LogP contribution in [-0.2, 0) is 24.4 Å². The lowest BCUT2D eigenvalue weighted by Crippen LogP contribution is -2.45. The minimum Gasteiger partial charge on any atom is -0.493 e. The van der Waals surface area contributed by atoms with Gasteiger partial charge in [0.05, 0.1) is 18.3 Å². The molecule has 2 amide bonds. The van der Waals surface area contributed by atoms with E-state index in [-0.39, 0.29) is 30.6 Å². The van der Waals surface area contributed by atoms with Crippen molar-refractivity contribution in [2.45, 2.75) is 51.5 Å². The van der Waals surface area contributed by atoms with Crippen LogP contribution in [0.2, 0.25) is 0 Å². The first-order chi connectivity index (χ1) is 19.5. The van der Waals surface area contributed by atoms with E-state index in [1.807, 2.05) is 41.2 Å². The normalized spacial score (nSPS) is 21.5. The van der Waals surface area contributed by atoms with Crippen LogP contribution >= 0.6 is 0 Å². The number of benzene rings is 2. The average Bonchev–Trinajstić information content (AvgIpc) is 3.57. The number of hydrogen-bond acceptors (Lipinski definition) is 7. The number of aromatic nitrogens is 2. The highest BCUT2D eigenvalue weighted by Gasteiger charge is 2.36. The minimum atomic E-state index is -0.261. The molecule has 210 valence electrons. The first-order valence-corrected chi connectivity index (χ1v) is 14.0. The molecule has 4 heterocycles. The first kappa shape index (κ1) is 26.2. The number of carbonyl (C=O) groups is 2. The molecule has 1 aromatic heterocycles. The van der Waals surface area contributed by atoms with Gasteiger partial charge in [-0.2, -0.15) is 5.10 Å². The Morgan fingerprint density at radius 1 is 1.05 bits per heavy atom. The molecule has 0 radical (unpaired) electrons. The SMILES string of the molecule is CCn1ccc(CN2C[C@@H]3NC(=O)c4cc(cc(OCC5CC5)c4)OCC(=O)NCc4ccc(cc4)O[C@H]3C2)n1. The lowest BCUT2D eigenvalue weighted by atomic mass is 10.1. The molecule has 1 saturated carbocycles. The monoisotopic (exact) mass is 545 g/mol. The summed E-state index contributed by atoms with van der Waals surface area (Å²) in [5, 5.41) is 10.7. The molecule has 3 aliphatic heterocycles. The van der Waals surface area contributed by atoms with Gasteiger partial charge >= 0.3 is 0 Å². The van der Waals surface area contributed by atoms with Gasteiger partial charge in [0.25, 0.3) is 11.8 Å². The van der Waals surface area contributed by atoms with Gasteiger partial charge in [0, 0.05) is 50.6 Å². The predicted octanol–water partition coefficient (Wildman–Crippen LogP) is 2.76. The predicted molar refractivity (Wildman–Crippen MR) is 147 cm³/mol. The maximum atomic E-state index is 13.6. The zero-order valence-electron chi connectivity index (χ0n) is 22.7. The van der Waals surface area contributed by atoms with E-state index < -0.39 is 0 Å². The topological polar surface area (TPSA) is 107 Å². The molecule has 2 fully saturated rings. The van der Waals surface area contributed by atoms with Crippen molar-refractivity contribution in [3.63, 3.8) is 0 Å². The summed E-state index contributed by atoms with van der Waals surface area (Å²) in [5.41, 5.74) is 2.35. The van der Waals surface area contributed by atoms with Crippen LogP contribution in [-0.4, -0.2) is 64.9 Å². The third-order valence-corrected chi connectivity index (χ3v) is 7.46. The van der Waals surface area contributed by atoms with Crippen LogP contribution in [0.1, 0.15) is 41.4 Å². The Morgan fingerprint density at radius 2 is 1.90 bits per heavy atom. The molecule has 7 rings (SSSR count). The van der Waals surface area contributed by atoms with Gasteiger partial charge in [-0.3, -0.25) is 19.2 Å².